The minimum atomic E-state index is -0.520. The van der Waals surface area contributed by atoms with Crippen LogP contribution >= 0.6 is 0 Å². The second-order valence-electron chi connectivity index (χ2n) is 4.23. The van der Waals surface area contributed by atoms with E-state index in [1.807, 2.05) is 0 Å². The van der Waals surface area contributed by atoms with Crippen molar-refractivity contribution in [1.29, 1.82) is 0 Å². The van der Waals surface area contributed by atoms with E-state index in [9.17, 15) is 10.1 Å². The number of nitrogen functional groups attached to an aromatic ring is 1. The summed E-state index contributed by atoms with van der Waals surface area (Å²) < 4.78 is 16.0. The van der Waals surface area contributed by atoms with Gasteiger partial charge in [-0.05, 0) is 12.1 Å². The van der Waals surface area contributed by atoms with Gasteiger partial charge in [0.1, 0.15) is 11.5 Å². The number of ether oxygens (including phenoxy) is 3. The normalized spacial score (nSPS) is 12.0. The molecule has 0 fully saturated rings. The Labute approximate surface area is 119 Å². The number of hydrazine groups is 1. The molecule has 0 saturated carbocycles. The van der Waals surface area contributed by atoms with Crippen LogP contribution in [0.25, 0.3) is 0 Å². The molecule has 2 aromatic rings. The van der Waals surface area contributed by atoms with Gasteiger partial charge in [-0.3, -0.25) is 16.0 Å². The van der Waals surface area contributed by atoms with Crippen molar-refractivity contribution in [3.63, 3.8) is 0 Å². The Kier molecular flexibility index (Phi) is 3.20. The number of rotatable bonds is 4. The second-order valence-corrected chi connectivity index (χ2v) is 4.23. The number of fused-ring (bicyclic) bond motifs is 1. The van der Waals surface area contributed by atoms with Crippen LogP contribution in [-0.4, -0.2) is 11.7 Å². The van der Waals surface area contributed by atoms with Gasteiger partial charge in [0.15, 0.2) is 11.5 Å². The molecule has 108 valence electrons. The highest BCUT2D eigenvalue weighted by Crippen LogP contribution is 2.37. The summed E-state index contributed by atoms with van der Waals surface area (Å²) in [6.07, 6.45) is 0. The number of nitrogens with two attached hydrogens (primary N) is 1. The average Bonchev–Trinajstić information content (AvgIpc) is 2.94. The molecule has 0 aliphatic carbocycles. The molecule has 21 heavy (non-hydrogen) atoms. The first-order chi connectivity index (χ1) is 10.2. The molecule has 3 N–H and O–H groups in total. The van der Waals surface area contributed by atoms with E-state index in [1.54, 1.807) is 24.3 Å². The van der Waals surface area contributed by atoms with Crippen LogP contribution in [0.1, 0.15) is 0 Å². The van der Waals surface area contributed by atoms with Crippen molar-refractivity contribution in [3.8, 4) is 23.0 Å². The minimum Gasteiger partial charge on any atom is -0.457 e. The summed E-state index contributed by atoms with van der Waals surface area (Å²) in [4.78, 5) is 10.4. The number of nitrogens with zero attached hydrogens (tertiary/aromatic N) is 1. The fourth-order valence-electron chi connectivity index (χ4n) is 1.91. The molecule has 8 heteroatoms. The summed E-state index contributed by atoms with van der Waals surface area (Å²) in [6, 6.07) is 9.21. The third kappa shape index (κ3) is 2.65. The second kappa shape index (κ2) is 5.17. The average molecular weight is 289 g/mol. The SMILES string of the molecule is NNc1cc(Oc2ccc3c(c2)OCO3)cc([N+](=O)[O-])c1. The van der Waals surface area contributed by atoms with Crippen LogP contribution in [0, 0.1) is 10.1 Å². The summed E-state index contributed by atoms with van der Waals surface area (Å²) >= 11 is 0. The van der Waals surface area contributed by atoms with Gasteiger partial charge < -0.3 is 19.6 Å². The van der Waals surface area contributed by atoms with Gasteiger partial charge in [0.25, 0.3) is 5.69 Å². The number of nitro benzene ring substituents is 1. The molecule has 0 unspecified atom stereocenters. The molecule has 0 bridgehead atoms. The predicted octanol–water partition coefficient (Wildman–Crippen LogP) is 2.40. The summed E-state index contributed by atoms with van der Waals surface area (Å²) in [5.41, 5.74) is 2.61. The van der Waals surface area contributed by atoms with Crippen molar-refractivity contribution in [2.24, 2.45) is 5.84 Å². The Hall–Kier alpha value is -3.00. The van der Waals surface area contributed by atoms with Crippen LogP contribution in [0.4, 0.5) is 11.4 Å². The van der Waals surface area contributed by atoms with Gasteiger partial charge in [0, 0.05) is 18.2 Å². The fourth-order valence-corrected chi connectivity index (χ4v) is 1.91. The first kappa shape index (κ1) is 13.0. The quantitative estimate of drug-likeness (QED) is 0.505. The number of nitrogens with one attached hydrogen (secondary N) is 1. The van der Waals surface area contributed by atoms with Crippen molar-refractivity contribution in [1.82, 2.24) is 0 Å². The van der Waals surface area contributed by atoms with E-state index in [-0.39, 0.29) is 18.2 Å². The first-order valence-corrected chi connectivity index (χ1v) is 5.99. The van der Waals surface area contributed by atoms with Gasteiger partial charge in [0.05, 0.1) is 16.7 Å². The van der Waals surface area contributed by atoms with E-state index in [2.05, 4.69) is 5.43 Å². The van der Waals surface area contributed by atoms with Gasteiger partial charge >= 0.3 is 0 Å². The maximum absolute atomic E-state index is 10.9. The lowest BCUT2D eigenvalue weighted by molar-refractivity contribution is -0.384. The van der Waals surface area contributed by atoms with Crippen molar-refractivity contribution in [3.05, 3.63) is 46.5 Å². The molecule has 0 radical (unpaired) electrons. The van der Waals surface area contributed by atoms with Gasteiger partial charge in [-0.1, -0.05) is 0 Å². The Bertz CT molecular complexity index is 704. The van der Waals surface area contributed by atoms with Gasteiger partial charge in [-0.25, -0.2) is 0 Å². The molecule has 0 atom stereocenters. The van der Waals surface area contributed by atoms with Crippen molar-refractivity contribution < 1.29 is 19.1 Å². The molecule has 3 rings (SSSR count). The molecule has 1 aliphatic rings. The van der Waals surface area contributed by atoms with Crippen LogP contribution in [0.5, 0.6) is 23.0 Å². The van der Waals surface area contributed by atoms with E-state index >= 15 is 0 Å². The number of non-ortho nitro benzene ring substituents is 1. The third-order valence-corrected chi connectivity index (χ3v) is 2.85. The zero-order chi connectivity index (χ0) is 14.8. The lowest BCUT2D eigenvalue weighted by Gasteiger charge is -2.08. The molecule has 1 aliphatic heterocycles. The molecule has 0 aromatic heterocycles. The number of hydrogen-bond donors (Lipinski definition) is 2. The lowest BCUT2D eigenvalue weighted by Crippen LogP contribution is -2.07. The highest BCUT2D eigenvalue weighted by atomic mass is 16.7. The van der Waals surface area contributed by atoms with Crippen LogP contribution in [0.15, 0.2) is 36.4 Å². The van der Waals surface area contributed by atoms with E-state index < -0.39 is 4.92 Å². The molecule has 1 heterocycles. The molecule has 2 aromatic carbocycles. The number of nitro groups is 1. The third-order valence-electron chi connectivity index (χ3n) is 2.85. The summed E-state index contributed by atoms with van der Waals surface area (Å²) in [6.45, 7) is 0.164. The molecule has 8 nitrogen and oxygen atoms in total. The Morgan fingerprint density at radius 1 is 1.14 bits per heavy atom. The predicted molar refractivity (Wildman–Crippen MR) is 73.5 cm³/mol. The molecular formula is C13H11N3O5. The maximum Gasteiger partial charge on any atom is 0.275 e. The van der Waals surface area contributed by atoms with Crippen LogP contribution in [0.3, 0.4) is 0 Å². The number of benzene rings is 2. The molecule has 0 amide bonds. The largest absolute Gasteiger partial charge is 0.457 e. The highest BCUT2D eigenvalue weighted by molar-refractivity contribution is 5.57. The zero-order valence-electron chi connectivity index (χ0n) is 10.7. The van der Waals surface area contributed by atoms with Crippen molar-refractivity contribution >= 4 is 11.4 Å². The van der Waals surface area contributed by atoms with Gasteiger partial charge in [-0.15, -0.1) is 0 Å². The molecular weight excluding hydrogens is 278 g/mol. The minimum absolute atomic E-state index is 0.124. The van der Waals surface area contributed by atoms with E-state index in [0.717, 1.165) is 0 Å². The smallest absolute Gasteiger partial charge is 0.275 e. The topological polar surface area (TPSA) is 109 Å². The van der Waals surface area contributed by atoms with E-state index in [1.165, 1.54) is 12.1 Å². The summed E-state index contributed by atoms with van der Waals surface area (Å²) in [7, 11) is 0. The molecule has 0 spiro atoms. The number of anilines is 1. The maximum atomic E-state index is 10.9. The fraction of sp³-hybridized carbons (Fsp3) is 0.0769. The summed E-state index contributed by atoms with van der Waals surface area (Å²) in [5, 5.41) is 10.9. The van der Waals surface area contributed by atoms with Crippen molar-refractivity contribution in [2.75, 3.05) is 12.2 Å². The van der Waals surface area contributed by atoms with Crippen LogP contribution in [-0.2, 0) is 0 Å². The first-order valence-electron chi connectivity index (χ1n) is 5.99. The summed E-state index contributed by atoms with van der Waals surface area (Å²) in [5.74, 6) is 7.25. The zero-order valence-corrected chi connectivity index (χ0v) is 10.7. The standard InChI is InChI=1S/C13H11N3O5/c14-15-8-3-9(16(17)18)5-11(4-8)21-10-1-2-12-13(6-10)20-7-19-12/h1-6,15H,7,14H2. The lowest BCUT2D eigenvalue weighted by atomic mass is 10.2. The van der Waals surface area contributed by atoms with E-state index in [4.69, 9.17) is 20.1 Å². The number of hydrogen-bond acceptors (Lipinski definition) is 7. The Morgan fingerprint density at radius 3 is 2.71 bits per heavy atom. The van der Waals surface area contributed by atoms with Gasteiger partial charge in [0.2, 0.25) is 6.79 Å². The Balaban J connectivity index is 1.90. The monoisotopic (exact) mass is 289 g/mol. The molecule has 0 saturated heterocycles. The van der Waals surface area contributed by atoms with E-state index in [0.29, 0.717) is 22.9 Å². The highest BCUT2D eigenvalue weighted by Gasteiger charge is 2.15. The Morgan fingerprint density at radius 2 is 1.95 bits per heavy atom. The van der Waals surface area contributed by atoms with Crippen molar-refractivity contribution in [2.45, 2.75) is 0 Å². The van der Waals surface area contributed by atoms with Gasteiger partial charge in [-0.2, -0.15) is 0 Å². The van der Waals surface area contributed by atoms with Crippen LogP contribution in [0.2, 0.25) is 0 Å². The van der Waals surface area contributed by atoms with Crippen LogP contribution < -0.4 is 25.5 Å².